The Hall–Kier alpha value is -7.04. The van der Waals surface area contributed by atoms with E-state index in [2.05, 4.69) is 164 Å². The summed E-state index contributed by atoms with van der Waals surface area (Å²) in [4.78, 5) is 10.3. The Morgan fingerprint density at radius 3 is 1.84 bits per heavy atom. The molecule has 9 rings (SSSR count). The topological polar surface area (TPSA) is 50.9 Å². The van der Waals surface area contributed by atoms with Crippen LogP contribution in [0.25, 0.3) is 83.9 Å². The summed E-state index contributed by atoms with van der Waals surface area (Å²) in [5.41, 5.74) is 15.6. The second-order valence-electron chi connectivity index (χ2n) is 14.7. The zero-order chi connectivity index (χ0) is 38.0. The van der Waals surface area contributed by atoms with Crippen LogP contribution >= 0.6 is 0 Å². The molecule has 0 bridgehead atoms. The van der Waals surface area contributed by atoms with Crippen LogP contribution in [-0.2, 0) is 6.42 Å². The Morgan fingerprint density at radius 2 is 1.12 bits per heavy atom. The van der Waals surface area contributed by atoms with Crippen molar-refractivity contribution in [3.8, 4) is 78.6 Å². The third-order valence-electron chi connectivity index (χ3n) is 10.4. The number of phenols is 1. The highest BCUT2D eigenvalue weighted by Gasteiger charge is 2.21. The lowest BCUT2D eigenvalue weighted by molar-refractivity contribution is 0.477. The second kappa shape index (κ2) is 15.0. The first-order chi connectivity index (χ1) is 27.5. The third-order valence-corrected chi connectivity index (χ3v) is 10.4. The molecule has 0 atom stereocenters. The number of aromatic nitrogens is 3. The lowest BCUT2D eigenvalue weighted by Gasteiger charge is -2.17. The van der Waals surface area contributed by atoms with Gasteiger partial charge in [-0.1, -0.05) is 135 Å². The first kappa shape index (κ1) is 34.7. The molecule has 0 saturated heterocycles. The van der Waals surface area contributed by atoms with Gasteiger partial charge in [0, 0.05) is 23.0 Å². The van der Waals surface area contributed by atoms with E-state index in [1.807, 2.05) is 36.5 Å². The lowest BCUT2D eigenvalue weighted by atomic mass is 9.93. The number of aromatic hydroxyl groups is 1. The van der Waals surface area contributed by atoms with Crippen LogP contribution in [0, 0.1) is 5.92 Å². The maximum Gasteiger partial charge on any atom is 0.149 e. The van der Waals surface area contributed by atoms with E-state index in [9.17, 15) is 5.11 Å². The molecule has 0 saturated carbocycles. The highest BCUT2D eigenvalue weighted by molar-refractivity contribution is 5.97. The molecule has 0 aliphatic heterocycles. The molecule has 270 valence electrons. The van der Waals surface area contributed by atoms with E-state index in [0.29, 0.717) is 17.3 Å². The SMILES string of the molecule is CC(C)Cc1cc(-n2c(-c3ccccc3O)nc3c(-c4cc(-c5ccccc5)cc(-c5cc(-c6ccccc6)ccn5)c4)cccc32)ccc1-c1ccccc1. The van der Waals surface area contributed by atoms with Crippen LogP contribution in [0.4, 0.5) is 0 Å². The summed E-state index contributed by atoms with van der Waals surface area (Å²) in [6.07, 6.45) is 2.82. The van der Waals surface area contributed by atoms with E-state index < -0.39 is 0 Å². The second-order valence-corrected chi connectivity index (χ2v) is 14.7. The highest BCUT2D eigenvalue weighted by Crippen LogP contribution is 2.40. The number of para-hydroxylation sites is 2. The Morgan fingerprint density at radius 1 is 0.500 bits per heavy atom. The number of pyridine rings is 1. The molecule has 0 aliphatic carbocycles. The fraction of sp³-hybridized carbons (Fsp3) is 0.0769. The van der Waals surface area contributed by atoms with E-state index in [0.717, 1.165) is 67.8 Å². The molecule has 56 heavy (non-hydrogen) atoms. The van der Waals surface area contributed by atoms with Crippen molar-refractivity contribution in [3.63, 3.8) is 0 Å². The molecular formula is C52H41N3O. The molecule has 2 heterocycles. The lowest BCUT2D eigenvalue weighted by Crippen LogP contribution is -2.02. The molecule has 4 heteroatoms. The van der Waals surface area contributed by atoms with Crippen LogP contribution in [0.5, 0.6) is 5.75 Å². The molecule has 1 N–H and O–H groups in total. The Labute approximate surface area is 328 Å². The number of hydrogen-bond acceptors (Lipinski definition) is 3. The van der Waals surface area contributed by atoms with Crippen LogP contribution in [0.3, 0.4) is 0 Å². The number of rotatable bonds is 9. The van der Waals surface area contributed by atoms with E-state index in [1.165, 1.54) is 16.7 Å². The summed E-state index contributed by atoms with van der Waals surface area (Å²) >= 11 is 0. The molecule has 0 amide bonds. The molecule has 0 unspecified atom stereocenters. The monoisotopic (exact) mass is 723 g/mol. The Bertz CT molecular complexity index is 2810. The fourth-order valence-electron chi connectivity index (χ4n) is 7.79. The molecule has 7 aromatic carbocycles. The van der Waals surface area contributed by atoms with Crippen molar-refractivity contribution < 1.29 is 5.11 Å². The van der Waals surface area contributed by atoms with Gasteiger partial charge >= 0.3 is 0 Å². The summed E-state index contributed by atoms with van der Waals surface area (Å²) in [5, 5.41) is 11.3. The van der Waals surface area contributed by atoms with Crippen molar-refractivity contribution in [2.45, 2.75) is 20.3 Å². The number of hydrogen-bond donors (Lipinski definition) is 1. The summed E-state index contributed by atoms with van der Waals surface area (Å²) < 4.78 is 2.21. The predicted octanol–water partition coefficient (Wildman–Crippen LogP) is 13.3. The van der Waals surface area contributed by atoms with Gasteiger partial charge < -0.3 is 5.11 Å². The molecule has 2 aromatic heterocycles. The van der Waals surface area contributed by atoms with Crippen LogP contribution in [-0.4, -0.2) is 19.6 Å². The van der Waals surface area contributed by atoms with E-state index in [1.54, 1.807) is 6.07 Å². The number of benzene rings is 7. The molecule has 9 aromatic rings. The van der Waals surface area contributed by atoms with Crippen molar-refractivity contribution in [2.75, 3.05) is 0 Å². The third kappa shape index (κ3) is 6.78. The van der Waals surface area contributed by atoms with Gasteiger partial charge in [0.25, 0.3) is 0 Å². The minimum Gasteiger partial charge on any atom is -0.507 e. The van der Waals surface area contributed by atoms with Crippen LogP contribution in [0.2, 0.25) is 0 Å². The molecule has 4 nitrogen and oxygen atoms in total. The molecular weight excluding hydrogens is 683 g/mol. The number of imidazole rings is 1. The standard InChI is InChI=1S/C52H41N3O/c1-35(2)29-41-33-44(25-26-45(41)38-19-10-5-11-20-38)55-49-23-14-22-46(51(49)54-52(55)47-21-12-13-24-50(47)56)42-30-40(37-17-8-4-9-18-37)31-43(32-42)48-34-39(27-28-53-48)36-15-6-3-7-16-36/h3-28,30-35,56H,29H2,1-2H3. The van der Waals surface area contributed by atoms with Gasteiger partial charge in [0.1, 0.15) is 11.6 Å². The van der Waals surface area contributed by atoms with Gasteiger partial charge in [-0.3, -0.25) is 9.55 Å². The summed E-state index contributed by atoms with van der Waals surface area (Å²) in [7, 11) is 0. The van der Waals surface area contributed by atoms with Gasteiger partial charge in [0.05, 0.1) is 22.3 Å². The van der Waals surface area contributed by atoms with Gasteiger partial charge in [0.15, 0.2) is 0 Å². The number of phenolic OH excluding ortho intramolecular Hbond substituents is 1. The molecule has 0 radical (unpaired) electrons. The highest BCUT2D eigenvalue weighted by atomic mass is 16.3. The first-order valence-electron chi connectivity index (χ1n) is 19.2. The van der Waals surface area contributed by atoms with Gasteiger partial charge in [-0.05, 0) is 118 Å². The zero-order valence-corrected chi connectivity index (χ0v) is 31.5. The number of nitrogens with zero attached hydrogens (tertiary/aromatic N) is 3. The average Bonchev–Trinajstić information content (AvgIpc) is 3.64. The smallest absolute Gasteiger partial charge is 0.149 e. The minimum absolute atomic E-state index is 0.187. The van der Waals surface area contributed by atoms with Gasteiger partial charge in [0.2, 0.25) is 0 Å². The maximum atomic E-state index is 11.3. The summed E-state index contributed by atoms with van der Waals surface area (Å²) in [6.45, 7) is 4.53. The predicted molar refractivity (Wildman–Crippen MR) is 232 cm³/mol. The van der Waals surface area contributed by atoms with Crippen molar-refractivity contribution >= 4 is 11.0 Å². The van der Waals surface area contributed by atoms with Crippen molar-refractivity contribution in [2.24, 2.45) is 5.92 Å². The van der Waals surface area contributed by atoms with E-state index >= 15 is 0 Å². The summed E-state index contributed by atoms with van der Waals surface area (Å²) in [5.74, 6) is 1.34. The number of fused-ring (bicyclic) bond motifs is 1. The van der Waals surface area contributed by atoms with Gasteiger partial charge in [-0.25, -0.2) is 4.98 Å². The van der Waals surface area contributed by atoms with Gasteiger partial charge in [-0.15, -0.1) is 0 Å². The van der Waals surface area contributed by atoms with E-state index in [-0.39, 0.29) is 5.75 Å². The Balaban J connectivity index is 1.27. The fourth-order valence-corrected chi connectivity index (χ4v) is 7.79. The minimum atomic E-state index is 0.187. The molecule has 0 spiro atoms. The maximum absolute atomic E-state index is 11.3. The van der Waals surface area contributed by atoms with Crippen molar-refractivity contribution in [3.05, 3.63) is 194 Å². The zero-order valence-electron chi connectivity index (χ0n) is 31.5. The quantitative estimate of drug-likeness (QED) is 0.161. The first-order valence-corrected chi connectivity index (χ1v) is 19.2. The van der Waals surface area contributed by atoms with Crippen molar-refractivity contribution in [1.82, 2.24) is 14.5 Å². The largest absolute Gasteiger partial charge is 0.507 e. The Kier molecular flexibility index (Phi) is 9.30. The van der Waals surface area contributed by atoms with Crippen LogP contribution in [0.1, 0.15) is 19.4 Å². The van der Waals surface area contributed by atoms with Crippen LogP contribution < -0.4 is 0 Å². The molecule has 0 fully saturated rings. The van der Waals surface area contributed by atoms with E-state index in [4.69, 9.17) is 9.97 Å². The van der Waals surface area contributed by atoms with Crippen LogP contribution in [0.15, 0.2) is 188 Å². The van der Waals surface area contributed by atoms with Crippen molar-refractivity contribution in [1.29, 1.82) is 0 Å². The normalized spacial score (nSPS) is 11.3. The van der Waals surface area contributed by atoms with Gasteiger partial charge in [-0.2, -0.15) is 0 Å². The summed E-state index contributed by atoms with van der Waals surface area (Å²) in [6, 6.07) is 63.1. The average molecular weight is 724 g/mol. The molecule has 0 aliphatic rings.